The van der Waals surface area contributed by atoms with Gasteiger partial charge in [-0.1, -0.05) is 41.6 Å². The molecule has 172 valence electrons. The quantitative estimate of drug-likeness (QED) is 0.416. The Labute approximate surface area is 203 Å². The van der Waals surface area contributed by atoms with Crippen LogP contribution in [0.4, 0.5) is 0 Å². The molecule has 7 heteroatoms. The molecular weight excluding hydrogens is 442 g/mol. The van der Waals surface area contributed by atoms with Crippen molar-refractivity contribution in [2.75, 3.05) is 0 Å². The molecule has 3 unspecified atom stereocenters. The highest BCUT2D eigenvalue weighted by molar-refractivity contribution is 7.09. The molecule has 0 aliphatic carbocycles. The monoisotopic (exact) mass is 469 g/mol. The van der Waals surface area contributed by atoms with Crippen LogP contribution in [-0.2, 0) is 13.0 Å². The second-order valence-corrected chi connectivity index (χ2v) is 10.9. The van der Waals surface area contributed by atoms with Crippen LogP contribution in [0.15, 0.2) is 60.0 Å². The Bertz CT molecular complexity index is 1270. The molecular formula is C27H27N5OS. The lowest BCUT2D eigenvalue weighted by atomic mass is 9.72. The zero-order valence-electron chi connectivity index (χ0n) is 18.9. The van der Waals surface area contributed by atoms with Crippen molar-refractivity contribution in [3.8, 4) is 11.5 Å². The van der Waals surface area contributed by atoms with Crippen LogP contribution in [0.1, 0.15) is 59.0 Å². The molecule has 2 saturated heterocycles. The SMILES string of the molecule is c1csc(CN2C3CCC2CC(C2c4ccccc4Oc4cc(Cc5nn[nH]n5)ccc42)C3)c1. The molecule has 3 atom stereocenters. The van der Waals surface area contributed by atoms with Crippen molar-refractivity contribution < 1.29 is 4.74 Å². The van der Waals surface area contributed by atoms with E-state index in [9.17, 15) is 0 Å². The third kappa shape index (κ3) is 3.54. The van der Waals surface area contributed by atoms with Gasteiger partial charge in [-0.2, -0.15) is 5.21 Å². The number of ether oxygens (including phenoxy) is 1. The van der Waals surface area contributed by atoms with Crippen molar-refractivity contribution in [1.82, 2.24) is 25.5 Å². The second kappa shape index (κ2) is 8.32. The van der Waals surface area contributed by atoms with E-state index in [1.54, 1.807) is 0 Å². The van der Waals surface area contributed by atoms with Crippen LogP contribution < -0.4 is 4.74 Å². The lowest BCUT2D eigenvalue weighted by Crippen LogP contribution is -2.43. The zero-order chi connectivity index (χ0) is 22.5. The molecule has 3 aliphatic heterocycles. The topological polar surface area (TPSA) is 66.9 Å². The molecule has 34 heavy (non-hydrogen) atoms. The molecule has 2 aromatic carbocycles. The number of thiophene rings is 1. The summed E-state index contributed by atoms with van der Waals surface area (Å²) in [5.41, 5.74) is 3.81. The second-order valence-electron chi connectivity index (χ2n) is 9.86. The van der Waals surface area contributed by atoms with Gasteiger partial charge in [-0.05, 0) is 60.7 Å². The van der Waals surface area contributed by atoms with Crippen molar-refractivity contribution in [1.29, 1.82) is 0 Å². The zero-order valence-corrected chi connectivity index (χ0v) is 19.7. The minimum absolute atomic E-state index is 0.381. The first kappa shape index (κ1) is 20.4. The van der Waals surface area contributed by atoms with Gasteiger partial charge in [0.2, 0.25) is 0 Å². The summed E-state index contributed by atoms with van der Waals surface area (Å²) >= 11 is 1.89. The van der Waals surface area contributed by atoms with Gasteiger partial charge in [0.1, 0.15) is 11.5 Å². The van der Waals surface area contributed by atoms with Gasteiger partial charge in [0.15, 0.2) is 5.82 Å². The van der Waals surface area contributed by atoms with Gasteiger partial charge in [0.25, 0.3) is 0 Å². The number of aromatic amines is 1. The van der Waals surface area contributed by atoms with Crippen molar-refractivity contribution in [2.45, 2.75) is 56.7 Å². The summed E-state index contributed by atoms with van der Waals surface area (Å²) in [4.78, 5) is 4.29. The van der Waals surface area contributed by atoms with E-state index in [2.05, 4.69) is 85.5 Å². The first-order valence-electron chi connectivity index (χ1n) is 12.2. The van der Waals surface area contributed by atoms with Crippen molar-refractivity contribution in [3.05, 3.63) is 87.4 Å². The number of nitrogens with zero attached hydrogens (tertiary/aromatic N) is 4. The number of piperidine rings is 1. The maximum absolute atomic E-state index is 6.45. The fraction of sp³-hybridized carbons (Fsp3) is 0.370. The maximum Gasteiger partial charge on any atom is 0.178 e. The average Bonchev–Trinajstić information content (AvgIpc) is 3.60. The molecule has 0 spiro atoms. The Hall–Kier alpha value is -3.03. The molecule has 2 bridgehead atoms. The van der Waals surface area contributed by atoms with Crippen molar-refractivity contribution >= 4 is 11.3 Å². The Morgan fingerprint density at radius 3 is 2.62 bits per heavy atom. The fourth-order valence-electron chi connectivity index (χ4n) is 6.53. The average molecular weight is 470 g/mol. The van der Waals surface area contributed by atoms with E-state index < -0.39 is 0 Å². The number of hydrogen-bond acceptors (Lipinski definition) is 6. The van der Waals surface area contributed by atoms with Gasteiger partial charge in [0, 0.05) is 47.0 Å². The molecule has 3 aliphatic rings. The minimum Gasteiger partial charge on any atom is -0.457 e. The number of para-hydroxylation sites is 1. The number of H-pyrrole nitrogens is 1. The maximum atomic E-state index is 6.45. The predicted molar refractivity (Wildman–Crippen MR) is 131 cm³/mol. The van der Waals surface area contributed by atoms with Gasteiger partial charge in [-0.15, -0.1) is 21.5 Å². The largest absolute Gasteiger partial charge is 0.457 e. The Kier molecular flexibility index (Phi) is 4.98. The van der Waals surface area contributed by atoms with Crippen molar-refractivity contribution in [2.24, 2.45) is 5.92 Å². The Balaban J connectivity index is 1.20. The van der Waals surface area contributed by atoms with Gasteiger partial charge in [-0.25, -0.2) is 0 Å². The van der Waals surface area contributed by atoms with Crippen LogP contribution in [0.25, 0.3) is 0 Å². The van der Waals surface area contributed by atoms with Crippen LogP contribution in [0, 0.1) is 5.92 Å². The normalized spacial score (nSPS) is 25.5. The third-order valence-electron chi connectivity index (χ3n) is 7.95. The summed E-state index contributed by atoms with van der Waals surface area (Å²) in [6.07, 6.45) is 5.81. The summed E-state index contributed by atoms with van der Waals surface area (Å²) in [6.45, 7) is 1.11. The molecule has 4 aromatic rings. The lowest BCUT2D eigenvalue weighted by molar-refractivity contribution is 0.0898. The summed E-state index contributed by atoms with van der Waals surface area (Å²) in [5.74, 6) is 3.70. The van der Waals surface area contributed by atoms with Crippen molar-refractivity contribution in [3.63, 3.8) is 0 Å². The van der Waals surface area contributed by atoms with E-state index in [-0.39, 0.29) is 0 Å². The standard InChI is InChI=1S/C27H27N5OS/c1-2-6-24-22(5-1)27(23-10-7-17(12-25(23)33-24)13-26-28-30-31-29-26)18-14-19-8-9-20(15-18)32(19)16-21-4-3-11-34-21/h1-7,10-12,18-20,27H,8-9,13-16H2,(H,28,29,30,31). The van der Waals surface area contributed by atoms with E-state index in [1.807, 2.05) is 11.3 Å². The van der Waals surface area contributed by atoms with E-state index in [0.717, 1.165) is 23.6 Å². The van der Waals surface area contributed by atoms with Gasteiger partial charge in [-0.3, -0.25) is 4.90 Å². The molecule has 1 N–H and O–H groups in total. The molecule has 5 heterocycles. The molecule has 2 fully saturated rings. The first-order valence-corrected chi connectivity index (χ1v) is 13.1. The molecule has 0 saturated carbocycles. The summed E-state index contributed by atoms with van der Waals surface area (Å²) in [6, 6.07) is 21.1. The van der Waals surface area contributed by atoms with E-state index in [4.69, 9.17) is 4.74 Å². The third-order valence-corrected chi connectivity index (χ3v) is 8.81. The number of tetrazole rings is 1. The number of benzene rings is 2. The Morgan fingerprint density at radius 1 is 0.971 bits per heavy atom. The molecule has 6 nitrogen and oxygen atoms in total. The summed E-state index contributed by atoms with van der Waals surface area (Å²) in [7, 11) is 0. The van der Waals surface area contributed by atoms with Crippen LogP contribution in [0.5, 0.6) is 11.5 Å². The molecule has 7 rings (SSSR count). The summed E-state index contributed by atoms with van der Waals surface area (Å²) < 4.78 is 6.45. The molecule has 0 amide bonds. The van der Waals surface area contributed by atoms with Gasteiger partial charge < -0.3 is 4.74 Å². The van der Waals surface area contributed by atoms with E-state index >= 15 is 0 Å². The first-order chi connectivity index (χ1) is 16.8. The number of fused-ring (bicyclic) bond motifs is 4. The van der Waals surface area contributed by atoms with E-state index in [1.165, 1.54) is 41.7 Å². The van der Waals surface area contributed by atoms with Crippen LogP contribution in [0.3, 0.4) is 0 Å². The van der Waals surface area contributed by atoms with Crippen LogP contribution in [0.2, 0.25) is 0 Å². The van der Waals surface area contributed by atoms with Crippen LogP contribution in [-0.4, -0.2) is 37.6 Å². The number of nitrogens with one attached hydrogen (secondary N) is 1. The highest BCUT2D eigenvalue weighted by Gasteiger charge is 2.45. The number of hydrogen-bond donors (Lipinski definition) is 1. The van der Waals surface area contributed by atoms with Gasteiger partial charge >= 0.3 is 0 Å². The predicted octanol–water partition coefficient (Wildman–Crippen LogP) is 5.53. The highest BCUT2D eigenvalue weighted by Crippen LogP contribution is 2.53. The highest BCUT2D eigenvalue weighted by atomic mass is 32.1. The fourth-order valence-corrected chi connectivity index (χ4v) is 7.24. The van der Waals surface area contributed by atoms with Crippen LogP contribution >= 0.6 is 11.3 Å². The molecule has 0 radical (unpaired) electrons. The smallest absolute Gasteiger partial charge is 0.178 e. The minimum atomic E-state index is 0.381. The van der Waals surface area contributed by atoms with Gasteiger partial charge in [0.05, 0.1) is 0 Å². The molecule has 2 aromatic heterocycles. The number of aromatic nitrogens is 4. The lowest BCUT2D eigenvalue weighted by Gasteiger charge is -2.43. The number of rotatable bonds is 5. The van der Waals surface area contributed by atoms with E-state index in [0.29, 0.717) is 36.2 Å². The Morgan fingerprint density at radius 2 is 1.82 bits per heavy atom. The summed E-state index contributed by atoms with van der Waals surface area (Å²) in [5, 5.41) is 16.7.